The highest BCUT2D eigenvalue weighted by molar-refractivity contribution is 9.10. The number of hydrogen-bond donors (Lipinski definition) is 3. The fraction of sp³-hybridized carbons (Fsp3) is 0.273. The first kappa shape index (κ1) is 20.3. The average molecular weight is 441 g/mol. The smallest absolute Gasteiger partial charge is 0.225 e. The van der Waals surface area contributed by atoms with E-state index in [1.54, 1.807) is 0 Å². The van der Waals surface area contributed by atoms with Gasteiger partial charge in [0.1, 0.15) is 5.82 Å². The highest BCUT2D eigenvalue weighted by atomic mass is 79.9. The highest BCUT2D eigenvalue weighted by Crippen LogP contribution is 2.23. The van der Waals surface area contributed by atoms with Crippen LogP contribution in [0.15, 0.2) is 65.1 Å². The standard InChI is InChI=1S/C22H25BrN4O/c1-15(2)20(14-28)26-22-25-19(16-8-4-3-5-9-16)12-21(27-22)24-13-17-10-6-7-11-18(17)23/h3-12,15,20,28H,13-14H2,1-2H3,(H2,24,25,26,27)/t20-/m1/s1. The molecule has 0 spiro atoms. The second-order valence-corrected chi connectivity index (χ2v) is 7.80. The lowest BCUT2D eigenvalue weighted by molar-refractivity contribution is 0.248. The van der Waals surface area contributed by atoms with Crippen LogP contribution >= 0.6 is 15.9 Å². The van der Waals surface area contributed by atoms with Crippen molar-refractivity contribution in [2.24, 2.45) is 5.92 Å². The number of aliphatic hydroxyl groups excluding tert-OH is 1. The van der Waals surface area contributed by atoms with Crippen LogP contribution in [0.4, 0.5) is 11.8 Å². The van der Waals surface area contributed by atoms with Gasteiger partial charge in [-0.2, -0.15) is 4.98 Å². The number of anilines is 2. The van der Waals surface area contributed by atoms with Gasteiger partial charge in [-0.1, -0.05) is 78.3 Å². The molecule has 0 aliphatic heterocycles. The lowest BCUT2D eigenvalue weighted by Crippen LogP contribution is -2.30. The van der Waals surface area contributed by atoms with Gasteiger partial charge in [0.05, 0.1) is 18.3 Å². The quantitative estimate of drug-likeness (QED) is 0.462. The minimum atomic E-state index is -0.109. The molecule has 1 atom stereocenters. The third kappa shape index (κ3) is 5.30. The molecular weight excluding hydrogens is 416 g/mol. The minimum absolute atomic E-state index is 0.0241. The van der Waals surface area contributed by atoms with Crippen molar-refractivity contribution in [1.29, 1.82) is 0 Å². The molecule has 0 aliphatic rings. The predicted molar refractivity (Wildman–Crippen MR) is 118 cm³/mol. The van der Waals surface area contributed by atoms with Gasteiger partial charge in [-0.15, -0.1) is 0 Å². The monoisotopic (exact) mass is 440 g/mol. The van der Waals surface area contributed by atoms with E-state index in [9.17, 15) is 5.11 Å². The predicted octanol–water partition coefficient (Wildman–Crippen LogP) is 4.95. The normalized spacial score (nSPS) is 12.0. The lowest BCUT2D eigenvalue weighted by atomic mass is 10.1. The maximum atomic E-state index is 9.66. The Morgan fingerprint density at radius 3 is 2.39 bits per heavy atom. The second kappa shape index (κ2) is 9.66. The SMILES string of the molecule is CC(C)[C@@H](CO)Nc1nc(NCc2ccccc2Br)cc(-c2ccccc2)n1. The minimum Gasteiger partial charge on any atom is -0.394 e. The van der Waals surface area contributed by atoms with Crippen LogP contribution in [0.3, 0.4) is 0 Å². The summed E-state index contributed by atoms with van der Waals surface area (Å²) in [5, 5.41) is 16.3. The first-order chi connectivity index (χ1) is 13.6. The van der Waals surface area contributed by atoms with Gasteiger partial charge in [-0.25, -0.2) is 4.98 Å². The van der Waals surface area contributed by atoms with Crippen LogP contribution in [0.5, 0.6) is 0 Å². The van der Waals surface area contributed by atoms with Crippen LogP contribution in [0.1, 0.15) is 19.4 Å². The molecule has 146 valence electrons. The van der Waals surface area contributed by atoms with Gasteiger partial charge >= 0.3 is 0 Å². The molecule has 3 rings (SSSR count). The Balaban J connectivity index is 1.89. The van der Waals surface area contributed by atoms with Gasteiger partial charge in [0, 0.05) is 22.6 Å². The summed E-state index contributed by atoms with van der Waals surface area (Å²) >= 11 is 3.58. The molecule has 0 amide bonds. The van der Waals surface area contributed by atoms with Crippen molar-refractivity contribution in [3.05, 3.63) is 70.7 Å². The maximum Gasteiger partial charge on any atom is 0.225 e. The number of nitrogens with one attached hydrogen (secondary N) is 2. The van der Waals surface area contributed by atoms with E-state index in [4.69, 9.17) is 0 Å². The molecule has 0 saturated heterocycles. The van der Waals surface area contributed by atoms with Crippen molar-refractivity contribution >= 4 is 27.7 Å². The molecule has 0 aliphatic carbocycles. The first-order valence-corrected chi connectivity index (χ1v) is 10.2. The summed E-state index contributed by atoms with van der Waals surface area (Å²) in [6.45, 7) is 4.78. The Morgan fingerprint density at radius 1 is 1.00 bits per heavy atom. The van der Waals surface area contributed by atoms with Crippen LogP contribution in [0.25, 0.3) is 11.3 Å². The van der Waals surface area contributed by atoms with E-state index in [1.165, 1.54) is 0 Å². The Bertz CT molecular complexity index is 902. The number of halogens is 1. The summed E-state index contributed by atoms with van der Waals surface area (Å²) in [6.07, 6.45) is 0. The number of hydrogen-bond acceptors (Lipinski definition) is 5. The second-order valence-electron chi connectivity index (χ2n) is 6.95. The fourth-order valence-electron chi connectivity index (χ4n) is 2.78. The molecule has 1 aromatic heterocycles. The van der Waals surface area contributed by atoms with Crippen LogP contribution < -0.4 is 10.6 Å². The Hall–Kier alpha value is -2.44. The van der Waals surface area contributed by atoms with E-state index < -0.39 is 0 Å². The molecule has 0 fully saturated rings. The molecule has 3 N–H and O–H groups in total. The van der Waals surface area contributed by atoms with E-state index >= 15 is 0 Å². The third-order valence-electron chi connectivity index (χ3n) is 4.53. The number of nitrogens with zero attached hydrogens (tertiary/aromatic N) is 2. The van der Waals surface area contributed by atoms with Crippen molar-refractivity contribution in [1.82, 2.24) is 9.97 Å². The van der Waals surface area contributed by atoms with E-state index in [0.717, 1.165) is 27.1 Å². The first-order valence-electron chi connectivity index (χ1n) is 9.36. The Kier molecular flexibility index (Phi) is 7.01. The highest BCUT2D eigenvalue weighted by Gasteiger charge is 2.15. The number of benzene rings is 2. The summed E-state index contributed by atoms with van der Waals surface area (Å²) in [6, 6.07) is 19.9. The molecule has 3 aromatic rings. The molecule has 0 saturated carbocycles. The van der Waals surface area contributed by atoms with Gasteiger partial charge < -0.3 is 15.7 Å². The molecule has 0 bridgehead atoms. The molecular formula is C22H25BrN4O. The van der Waals surface area contributed by atoms with Gasteiger partial charge in [0.2, 0.25) is 5.95 Å². The zero-order valence-electron chi connectivity index (χ0n) is 16.1. The zero-order valence-corrected chi connectivity index (χ0v) is 17.6. The van der Waals surface area contributed by atoms with Gasteiger partial charge in [-0.05, 0) is 17.5 Å². The van der Waals surface area contributed by atoms with Gasteiger partial charge in [-0.3, -0.25) is 0 Å². The summed E-state index contributed by atoms with van der Waals surface area (Å²) in [5.74, 6) is 1.49. The van der Waals surface area contributed by atoms with Crippen molar-refractivity contribution < 1.29 is 5.11 Å². The van der Waals surface area contributed by atoms with Gasteiger partial charge in [0.25, 0.3) is 0 Å². The topological polar surface area (TPSA) is 70.1 Å². The Labute approximate surface area is 174 Å². The molecule has 1 heterocycles. The molecule has 2 aromatic carbocycles. The fourth-order valence-corrected chi connectivity index (χ4v) is 3.20. The van der Waals surface area contributed by atoms with E-state index in [2.05, 4.69) is 56.4 Å². The zero-order chi connectivity index (χ0) is 19.9. The third-order valence-corrected chi connectivity index (χ3v) is 5.30. The van der Waals surface area contributed by atoms with Crippen LogP contribution in [-0.4, -0.2) is 27.7 Å². The summed E-state index contributed by atoms with van der Waals surface area (Å²) < 4.78 is 1.05. The maximum absolute atomic E-state index is 9.66. The number of rotatable bonds is 8. The summed E-state index contributed by atoms with van der Waals surface area (Å²) in [4.78, 5) is 9.28. The van der Waals surface area contributed by atoms with Crippen molar-refractivity contribution in [3.8, 4) is 11.3 Å². The molecule has 28 heavy (non-hydrogen) atoms. The average Bonchev–Trinajstić information content (AvgIpc) is 2.71. The van der Waals surface area contributed by atoms with E-state index in [0.29, 0.717) is 12.5 Å². The molecule has 0 radical (unpaired) electrons. The van der Waals surface area contributed by atoms with E-state index in [-0.39, 0.29) is 18.6 Å². The molecule has 0 unspecified atom stereocenters. The van der Waals surface area contributed by atoms with Gasteiger partial charge in [0.15, 0.2) is 0 Å². The van der Waals surface area contributed by atoms with Crippen molar-refractivity contribution in [2.45, 2.75) is 26.4 Å². The molecule has 5 nitrogen and oxygen atoms in total. The van der Waals surface area contributed by atoms with Crippen LogP contribution in [0, 0.1) is 5.92 Å². The van der Waals surface area contributed by atoms with Crippen LogP contribution in [0.2, 0.25) is 0 Å². The van der Waals surface area contributed by atoms with Crippen LogP contribution in [-0.2, 0) is 6.54 Å². The summed E-state index contributed by atoms with van der Waals surface area (Å²) in [5.41, 5.74) is 2.99. The Morgan fingerprint density at radius 2 is 1.71 bits per heavy atom. The largest absolute Gasteiger partial charge is 0.394 e. The van der Waals surface area contributed by atoms with E-state index in [1.807, 2.05) is 54.6 Å². The molecule has 6 heteroatoms. The van der Waals surface area contributed by atoms with Crippen molar-refractivity contribution in [3.63, 3.8) is 0 Å². The number of aromatic nitrogens is 2. The van der Waals surface area contributed by atoms with Crippen molar-refractivity contribution in [2.75, 3.05) is 17.2 Å². The summed E-state index contributed by atoms with van der Waals surface area (Å²) in [7, 11) is 0. The number of aliphatic hydroxyl groups is 1. The lowest BCUT2D eigenvalue weighted by Gasteiger charge is -2.20.